The Labute approximate surface area is 198 Å². The molecule has 1 N–H and O–H groups in total. The molecule has 0 unspecified atom stereocenters. The van der Waals surface area contributed by atoms with Gasteiger partial charge in [0.1, 0.15) is 5.75 Å². The quantitative estimate of drug-likeness (QED) is 0.494. The van der Waals surface area contributed by atoms with Crippen LogP contribution in [0.2, 0.25) is 0 Å². The summed E-state index contributed by atoms with van der Waals surface area (Å²) >= 11 is 0. The van der Waals surface area contributed by atoms with Crippen molar-refractivity contribution < 1.29 is 13.5 Å². The van der Waals surface area contributed by atoms with Crippen molar-refractivity contribution in [2.24, 2.45) is 0 Å². The van der Waals surface area contributed by atoms with Gasteiger partial charge in [0.15, 0.2) is 0 Å². The number of hydrogen-bond acceptors (Lipinski definition) is 4. The molecule has 3 aromatic rings. The second-order valence-corrected chi connectivity index (χ2v) is 12.4. The number of sulfonamides is 1. The van der Waals surface area contributed by atoms with Crippen molar-refractivity contribution in [2.75, 3.05) is 4.31 Å². The summed E-state index contributed by atoms with van der Waals surface area (Å²) in [5, 5.41) is 11.1. The SMILES string of the molecule is Cc1ccc(N(Cc2cc(C(C)(C)C)c(O)c(C(C)(C)C)c2)S(=O)(=O)c2ccccc2)cn1. The number of aryl methyl sites for hydroxylation is 1. The van der Waals surface area contributed by atoms with Gasteiger partial charge in [-0.3, -0.25) is 9.29 Å². The van der Waals surface area contributed by atoms with Crippen molar-refractivity contribution >= 4 is 15.7 Å². The number of nitrogens with zero attached hydrogens (tertiary/aromatic N) is 2. The summed E-state index contributed by atoms with van der Waals surface area (Å²) < 4.78 is 28.8. The van der Waals surface area contributed by atoms with Crippen molar-refractivity contribution in [1.82, 2.24) is 4.98 Å². The molecule has 0 aliphatic heterocycles. The molecule has 0 saturated carbocycles. The summed E-state index contributed by atoms with van der Waals surface area (Å²) in [5.74, 6) is 0.271. The Hall–Kier alpha value is -2.86. The van der Waals surface area contributed by atoms with Gasteiger partial charge in [-0.05, 0) is 70.8 Å². The van der Waals surface area contributed by atoms with Crippen LogP contribution in [0.3, 0.4) is 0 Å². The summed E-state index contributed by atoms with van der Waals surface area (Å²) in [4.78, 5) is 4.55. The highest BCUT2D eigenvalue weighted by atomic mass is 32.2. The maximum Gasteiger partial charge on any atom is 0.264 e. The molecule has 0 amide bonds. The maximum absolute atomic E-state index is 13.7. The fourth-order valence-corrected chi connectivity index (χ4v) is 5.20. The maximum atomic E-state index is 13.7. The molecule has 0 atom stereocenters. The topological polar surface area (TPSA) is 70.5 Å². The van der Waals surface area contributed by atoms with Crippen LogP contribution in [-0.4, -0.2) is 18.5 Å². The minimum absolute atomic E-state index is 0.119. The van der Waals surface area contributed by atoms with Crippen LogP contribution < -0.4 is 4.31 Å². The van der Waals surface area contributed by atoms with Crippen molar-refractivity contribution in [3.63, 3.8) is 0 Å². The lowest BCUT2D eigenvalue weighted by molar-refractivity contribution is 0.422. The fourth-order valence-electron chi connectivity index (χ4n) is 3.74. The Bertz CT molecular complexity index is 1190. The third-order valence-electron chi connectivity index (χ3n) is 5.63. The molecule has 33 heavy (non-hydrogen) atoms. The zero-order chi connectivity index (χ0) is 24.6. The van der Waals surface area contributed by atoms with Crippen LogP contribution in [0.25, 0.3) is 0 Å². The average Bonchev–Trinajstić information content (AvgIpc) is 2.72. The second-order valence-electron chi connectivity index (χ2n) is 10.5. The summed E-state index contributed by atoms with van der Waals surface area (Å²) in [6, 6.07) is 15.8. The predicted octanol–water partition coefficient (Wildman–Crippen LogP) is 6.09. The van der Waals surface area contributed by atoms with E-state index in [2.05, 4.69) is 4.98 Å². The van der Waals surface area contributed by atoms with Gasteiger partial charge in [-0.1, -0.05) is 59.7 Å². The standard InChI is InChI=1S/C27H34N2O3S/c1-19-13-14-21(17-28-19)29(33(31,32)22-11-9-8-10-12-22)18-20-15-23(26(2,3)4)25(30)24(16-20)27(5,6)7/h8-17,30H,18H2,1-7H3. The lowest BCUT2D eigenvalue weighted by Gasteiger charge is -2.30. The lowest BCUT2D eigenvalue weighted by Crippen LogP contribution is -2.31. The van der Waals surface area contributed by atoms with Crippen LogP contribution in [0.5, 0.6) is 5.75 Å². The number of phenolic OH excluding ortho intramolecular Hbond substituents is 1. The molecule has 0 aliphatic carbocycles. The Balaban J connectivity index is 2.21. The molecule has 0 spiro atoms. The highest BCUT2D eigenvalue weighted by Crippen LogP contribution is 2.40. The minimum atomic E-state index is -3.84. The van der Waals surface area contributed by atoms with Gasteiger partial charge in [0.2, 0.25) is 0 Å². The number of anilines is 1. The third kappa shape index (κ3) is 5.38. The molecule has 0 aliphatic rings. The van der Waals surface area contributed by atoms with E-state index in [-0.39, 0.29) is 28.0 Å². The molecule has 5 nitrogen and oxygen atoms in total. The molecular formula is C27H34N2O3S. The molecule has 0 bridgehead atoms. The van der Waals surface area contributed by atoms with Crippen molar-refractivity contribution in [1.29, 1.82) is 0 Å². The Morgan fingerprint density at radius 3 is 1.88 bits per heavy atom. The first-order valence-electron chi connectivity index (χ1n) is 11.1. The van der Waals surface area contributed by atoms with Gasteiger partial charge in [0.05, 0.1) is 23.3 Å². The van der Waals surface area contributed by atoms with Gasteiger partial charge in [-0.25, -0.2) is 8.42 Å². The summed E-state index contributed by atoms with van der Waals surface area (Å²) in [5.41, 5.74) is 3.08. The van der Waals surface area contributed by atoms with Crippen LogP contribution in [0.15, 0.2) is 65.7 Å². The zero-order valence-electron chi connectivity index (χ0n) is 20.5. The normalized spacial score (nSPS) is 12.6. The van der Waals surface area contributed by atoms with E-state index in [1.165, 1.54) is 4.31 Å². The molecule has 1 heterocycles. The van der Waals surface area contributed by atoms with E-state index in [0.29, 0.717) is 5.69 Å². The van der Waals surface area contributed by atoms with Crippen LogP contribution >= 0.6 is 0 Å². The second kappa shape index (κ2) is 8.82. The van der Waals surface area contributed by atoms with Gasteiger partial charge in [-0.2, -0.15) is 0 Å². The first kappa shape index (κ1) is 24.8. The van der Waals surface area contributed by atoms with E-state index < -0.39 is 10.0 Å². The van der Waals surface area contributed by atoms with E-state index in [0.717, 1.165) is 22.4 Å². The van der Waals surface area contributed by atoms with Gasteiger partial charge in [0, 0.05) is 5.69 Å². The summed E-state index contributed by atoms with van der Waals surface area (Å²) in [7, 11) is -3.84. The highest BCUT2D eigenvalue weighted by Gasteiger charge is 2.29. The zero-order valence-corrected chi connectivity index (χ0v) is 21.4. The van der Waals surface area contributed by atoms with Gasteiger partial charge in [0.25, 0.3) is 10.0 Å². The molecule has 0 saturated heterocycles. The first-order valence-corrected chi connectivity index (χ1v) is 12.5. The van der Waals surface area contributed by atoms with Crippen LogP contribution in [-0.2, 0) is 27.4 Å². The van der Waals surface area contributed by atoms with Gasteiger partial charge < -0.3 is 5.11 Å². The Kier molecular flexibility index (Phi) is 6.62. The van der Waals surface area contributed by atoms with Crippen LogP contribution in [0.4, 0.5) is 5.69 Å². The van der Waals surface area contributed by atoms with E-state index in [4.69, 9.17) is 0 Å². The molecular weight excluding hydrogens is 432 g/mol. The Morgan fingerprint density at radius 1 is 0.879 bits per heavy atom. The number of rotatable bonds is 5. The van der Waals surface area contributed by atoms with E-state index >= 15 is 0 Å². The monoisotopic (exact) mass is 466 g/mol. The number of aromatic nitrogens is 1. The van der Waals surface area contributed by atoms with Crippen LogP contribution in [0.1, 0.15) is 63.9 Å². The van der Waals surface area contributed by atoms with E-state index in [1.807, 2.05) is 60.6 Å². The average molecular weight is 467 g/mol. The predicted molar refractivity (Wildman–Crippen MR) is 134 cm³/mol. The van der Waals surface area contributed by atoms with Gasteiger partial charge in [-0.15, -0.1) is 0 Å². The van der Waals surface area contributed by atoms with E-state index in [9.17, 15) is 13.5 Å². The molecule has 0 fully saturated rings. The number of pyridine rings is 1. The van der Waals surface area contributed by atoms with Crippen molar-refractivity contribution in [3.05, 3.63) is 83.2 Å². The number of phenols is 1. The van der Waals surface area contributed by atoms with Crippen molar-refractivity contribution in [3.8, 4) is 5.75 Å². The number of aromatic hydroxyl groups is 1. The van der Waals surface area contributed by atoms with Gasteiger partial charge >= 0.3 is 0 Å². The highest BCUT2D eigenvalue weighted by molar-refractivity contribution is 7.92. The molecule has 176 valence electrons. The number of hydrogen-bond donors (Lipinski definition) is 1. The molecule has 0 radical (unpaired) electrons. The smallest absolute Gasteiger partial charge is 0.264 e. The minimum Gasteiger partial charge on any atom is -0.507 e. The summed E-state index contributed by atoms with van der Waals surface area (Å²) in [6.07, 6.45) is 1.59. The molecule has 3 rings (SSSR count). The van der Waals surface area contributed by atoms with Crippen molar-refractivity contribution in [2.45, 2.75) is 70.7 Å². The lowest BCUT2D eigenvalue weighted by atomic mass is 9.78. The largest absolute Gasteiger partial charge is 0.507 e. The molecule has 2 aromatic carbocycles. The summed E-state index contributed by atoms with van der Waals surface area (Å²) in [6.45, 7) is 14.2. The fraction of sp³-hybridized carbons (Fsp3) is 0.370. The molecule has 1 aromatic heterocycles. The van der Waals surface area contributed by atoms with E-state index in [1.54, 1.807) is 48.7 Å². The Morgan fingerprint density at radius 2 is 1.42 bits per heavy atom. The first-order chi connectivity index (χ1) is 15.2. The third-order valence-corrected chi connectivity index (χ3v) is 7.41. The molecule has 6 heteroatoms. The number of benzene rings is 2. The van der Waals surface area contributed by atoms with Crippen LogP contribution in [0, 0.1) is 6.92 Å².